The van der Waals surface area contributed by atoms with Gasteiger partial charge in [-0.1, -0.05) is 0 Å². The molecule has 0 unspecified atom stereocenters. The van der Waals surface area contributed by atoms with E-state index in [-0.39, 0.29) is 10.6 Å². The third kappa shape index (κ3) is 7.29. The number of rotatable bonds is 12. The minimum absolute atomic E-state index is 0.00236. The van der Waals surface area contributed by atoms with Gasteiger partial charge in [0.25, 0.3) is 10.0 Å². The number of ether oxygens (including phenoxy) is 3. The predicted octanol–water partition coefficient (Wildman–Crippen LogP) is 5.88. The summed E-state index contributed by atoms with van der Waals surface area (Å²) in [6.07, 6.45) is 0. The molecule has 0 atom stereocenters. The minimum Gasteiger partial charge on any atom is -0.497 e. The average molecular weight is 550 g/mol. The third-order valence-electron chi connectivity index (χ3n) is 5.43. The predicted molar refractivity (Wildman–Crippen MR) is 152 cm³/mol. The van der Waals surface area contributed by atoms with Crippen LogP contribution in [-0.2, 0) is 10.0 Å². The number of aromatic nitrogens is 2. The summed E-state index contributed by atoms with van der Waals surface area (Å²) < 4.78 is 45.2. The molecule has 0 aliphatic heterocycles. The van der Waals surface area contributed by atoms with Crippen molar-refractivity contribution < 1.29 is 22.6 Å². The summed E-state index contributed by atoms with van der Waals surface area (Å²) in [5.74, 6) is 2.48. The van der Waals surface area contributed by atoms with Gasteiger partial charge in [-0.25, -0.2) is 13.4 Å². The van der Waals surface area contributed by atoms with Gasteiger partial charge < -0.3 is 24.8 Å². The summed E-state index contributed by atoms with van der Waals surface area (Å²) in [6, 6.07) is 20.9. The Hall–Kier alpha value is -4.51. The molecule has 0 fully saturated rings. The smallest absolute Gasteiger partial charge is 0.265 e. The fourth-order valence-corrected chi connectivity index (χ4v) is 4.92. The molecule has 0 aliphatic rings. The Morgan fingerprint density at radius 3 is 2.03 bits per heavy atom. The van der Waals surface area contributed by atoms with E-state index >= 15 is 0 Å². The summed E-state index contributed by atoms with van der Waals surface area (Å²) >= 11 is 0. The van der Waals surface area contributed by atoms with E-state index in [4.69, 9.17) is 14.2 Å². The first-order chi connectivity index (χ1) is 18.8. The van der Waals surface area contributed by atoms with Gasteiger partial charge in [-0.15, -0.1) is 0 Å². The summed E-state index contributed by atoms with van der Waals surface area (Å²) in [5.41, 5.74) is 2.70. The van der Waals surface area contributed by atoms with E-state index in [2.05, 4.69) is 25.3 Å². The highest BCUT2D eigenvalue weighted by atomic mass is 32.2. The number of anilines is 5. The lowest BCUT2D eigenvalue weighted by Crippen LogP contribution is -2.15. The molecule has 4 aromatic rings. The van der Waals surface area contributed by atoms with E-state index in [1.807, 2.05) is 44.2 Å². The molecule has 11 heteroatoms. The lowest BCUT2D eigenvalue weighted by molar-refractivity contribution is 0.322. The zero-order chi connectivity index (χ0) is 27.8. The first kappa shape index (κ1) is 27.5. The topological polar surface area (TPSA) is 124 Å². The highest BCUT2D eigenvalue weighted by Crippen LogP contribution is 2.31. The maximum absolute atomic E-state index is 13.2. The molecule has 0 saturated carbocycles. The van der Waals surface area contributed by atoms with Crippen molar-refractivity contribution >= 4 is 38.9 Å². The zero-order valence-corrected chi connectivity index (χ0v) is 23.0. The van der Waals surface area contributed by atoms with E-state index in [1.54, 1.807) is 50.4 Å². The van der Waals surface area contributed by atoms with Crippen LogP contribution in [0.5, 0.6) is 17.2 Å². The molecule has 3 aromatic carbocycles. The van der Waals surface area contributed by atoms with Gasteiger partial charge in [-0.2, -0.15) is 4.98 Å². The zero-order valence-electron chi connectivity index (χ0n) is 22.2. The van der Waals surface area contributed by atoms with E-state index in [0.717, 1.165) is 17.1 Å². The fourth-order valence-electron chi connectivity index (χ4n) is 3.70. The van der Waals surface area contributed by atoms with Gasteiger partial charge in [0.05, 0.1) is 20.3 Å². The normalized spacial score (nSPS) is 11.0. The molecule has 1 heterocycles. The van der Waals surface area contributed by atoms with Crippen molar-refractivity contribution in [2.45, 2.75) is 25.7 Å². The van der Waals surface area contributed by atoms with Crippen LogP contribution in [0.4, 0.5) is 28.8 Å². The molecule has 3 N–H and O–H groups in total. The molecule has 4 rings (SSSR count). The van der Waals surface area contributed by atoms with Crippen molar-refractivity contribution in [2.75, 3.05) is 35.7 Å². The molecule has 0 bridgehead atoms. The first-order valence-electron chi connectivity index (χ1n) is 12.4. The number of methoxy groups -OCH3 is 1. The van der Waals surface area contributed by atoms with Crippen molar-refractivity contribution in [2.24, 2.45) is 0 Å². The van der Waals surface area contributed by atoms with E-state index in [1.165, 1.54) is 6.07 Å². The number of sulfonamides is 1. The van der Waals surface area contributed by atoms with Crippen molar-refractivity contribution in [3.8, 4) is 17.2 Å². The van der Waals surface area contributed by atoms with Gasteiger partial charge in [0.2, 0.25) is 5.95 Å². The van der Waals surface area contributed by atoms with Crippen LogP contribution in [-0.4, -0.2) is 38.7 Å². The second-order valence-corrected chi connectivity index (χ2v) is 10.0. The molecule has 204 valence electrons. The number of hydrogen-bond acceptors (Lipinski definition) is 9. The van der Waals surface area contributed by atoms with Crippen LogP contribution in [0.25, 0.3) is 0 Å². The molecular weight excluding hydrogens is 518 g/mol. The molecule has 0 saturated heterocycles. The summed E-state index contributed by atoms with van der Waals surface area (Å²) in [4.78, 5) is 8.99. The maximum atomic E-state index is 13.2. The Labute approximate surface area is 228 Å². The van der Waals surface area contributed by atoms with Crippen molar-refractivity contribution in [3.63, 3.8) is 0 Å². The summed E-state index contributed by atoms with van der Waals surface area (Å²) in [7, 11) is -2.32. The largest absolute Gasteiger partial charge is 0.497 e. The lowest BCUT2D eigenvalue weighted by Gasteiger charge is -2.15. The molecule has 39 heavy (non-hydrogen) atoms. The molecule has 0 spiro atoms. The number of nitrogens with zero attached hydrogens (tertiary/aromatic N) is 2. The lowest BCUT2D eigenvalue weighted by atomic mass is 10.3. The van der Waals surface area contributed by atoms with Gasteiger partial charge in [-0.3, -0.25) is 4.72 Å². The highest BCUT2D eigenvalue weighted by Gasteiger charge is 2.21. The van der Waals surface area contributed by atoms with Crippen molar-refractivity contribution in [1.29, 1.82) is 0 Å². The maximum Gasteiger partial charge on any atom is 0.265 e. The summed E-state index contributed by atoms with van der Waals surface area (Å²) in [5, 5.41) is 6.42. The minimum atomic E-state index is -3.94. The monoisotopic (exact) mass is 549 g/mol. The SMILES string of the molecule is CCOc1ccc(OCC)c(S(=O)(=O)Nc2ccc(Nc3nc(C)cc(Nc4ccc(OC)cc4)n3)cc2)c1. The molecular formula is C28H31N5O5S. The summed E-state index contributed by atoms with van der Waals surface area (Å²) in [6.45, 7) is 6.25. The highest BCUT2D eigenvalue weighted by molar-refractivity contribution is 7.92. The Bertz CT molecular complexity index is 1510. The Morgan fingerprint density at radius 1 is 0.744 bits per heavy atom. The van der Waals surface area contributed by atoms with E-state index in [9.17, 15) is 8.42 Å². The third-order valence-corrected chi connectivity index (χ3v) is 6.83. The molecule has 0 amide bonds. The Kier molecular flexibility index (Phi) is 8.72. The average Bonchev–Trinajstić information content (AvgIpc) is 2.91. The fraction of sp³-hybridized carbons (Fsp3) is 0.214. The first-order valence-corrected chi connectivity index (χ1v) is 13.8. The quantitative estimate of drug-likeness (QED) is 0.199. The van der Waals surface area contributed by atoms with Gasteiger partial charge in [0.15, 0.2) is 0 Å². The van der Waals surface area contributed by atoms with Crippen LogP contribution in [0.3, 0.4) is 0 Å². The second kappa shape index (κ2) is 12.4. The number of benzene rings is 3. The molecule has 10 nitrogen and oxygen atoms in total. The van der Waals surface area contributed by atoms with Crippen LogP contribution in [0, 0.1) is 6.92 Å². The van der Waals surface area contributed by atoms with Crippen molar-refractivity contribution in [3.05, 3.63) is 78.5 Å². The number of hydrogen-bond donors (Lipinski definition) is 3. The Morgan fingerprint density at radius 2 is 1.36 bits per heavy atom. The van der Waals surface area contributed by atoms with Gasteiger partial charge in [0.1, 0.15) is 28.0 Å². The van der Waals surface area contributed by atoms with Gasteiger partial charge >= 0.3 is 0 Å². The van der Waals surface area contributed by atoms with Crippen LogP contribution in [0.15, 0.2) is 77.7 Å². The van der Waals surface area contributed by atoms with Crippen LogP contribution in [0.1, 0.15) is 19.5 Å². The standard InChI is InChI=1S/C28H31N5O5S/c1-5-37-24-15-16-25(38-6-2)26(18-24)39(34,35)33-22-9-7-21(8-10-22)31-28-29-19(3)17-27(32-28)30-20-11-13-23(36-4)14-12-20/h7-18,33H,5-6H2,1-4H3,(H2,29,30,31,32). The molecule has 1 aromatic heterocycles. The number of nitrogens with one attached hydrogen (secondary N) is 3. The van der Waals surface area contributed by atoms with Gasteiger partial charge in [0, 0.05) is 34.9 Å². The Balaban J connectivity index is 1.48. The van der Waals surface area contributed by atoms with Crippen molar-refractivity contribution in [1.82, 2.24) is 9.97 Å². The van der Waals surface area contributed by atoms with E-state index in [0.29, 0.717) is 42.1 Å². The number of aryl methyl sites for hydroxylation is 1. The molecule has 0 aliphatic carbocycles. The molecule has 0 radical (unpaired) electrons. The van der Waals surface area contributed by atoms with Crippen LogP contribution in [0.2, 0.25) is 0 Å². The van der Waals surface area contributed by atoms with E-state index < -0.39 is 10.0 Å². The van der Waals surface area contributed by atoms with Gasteiger partial charge in [-0.05, 0) is 81.4 Å². The van der Waals surface area contributed by atoms with Crippen LogP contribution < -0.4 is 29.6 Å². The van der Waals surface area contributed by atoms with Crippen LogP contribution >= 0.6 is 0 Å². The second-order valence-electron chi connectivity index (χ2n) is 8.35.